The number of hydrogen-bond acceptors (Lipinski definition) is 10. The third-order valence-electron chi connectivity index (χ3n) is 9.81. The first-order valence-corrected chi connectivity index (χ1v) is 17.8. The SMILES string of the molecule is CCc1c(N2CCN(C(=O)c3ncnc(C)c3O)CC2)c(=O)n2nc(-c3ccc4c(c3)CC[C@H]4OC(F)F)nc2n1CC(=O)Nc1ccc(C(F)(F)F)cc1Cl. The molecule has 7 rings (SSSR count). The number of piperazine rings is 1. The van der Waals surface area contributed by atoms with Crippen LogP contribution in [0.25, 0.3) is 17.2 Å². The van der Waals surface area contributed by atoms with Gasteiger partial charge in [0.05, 0.1) is 33.8 Å². The summed E-state index contributed by atoms with van der Waals surface area (Å²) in [6, 6.07) is 7.54. The Morgan fingerprint density at radius 1 is 1.09 bits per heavy atom. The molecule has 0 bridgehead atoms. The van der Waals surface area contributed by atoms with Crippen molar-refractivity contribution in [3.8, 4) is 17.1 Å². The molecule has 20 heteroatoms. The number of aryl methyl sites for hydroxylation is 2. The van der Waals surface area contributed by atoms with Crippen molar-refractivity contribution in [2.24, 2.45) is 0 Å². The van der Waals surface area contributed by atoms with E-state index >= 15 is 0 Å². The van der Waals surface area contributed by atoms with E-state index in [0.29, 0.717) is 35.7 Å². The van der Waals surface area contributed by atoms with Crippen LogP contribution in [0.5, 0.6) is 5.75 Å². The molecule has 2 aromatic carbocycles. The summed E-state index contributed by atoms with van der Waals surface area (Å²) in [6.45, 7) is 0.538. The van der Waals surface area contributed by atoms with Gasteiger partial charge < -0.3 is 29.5 Å². The van der Waals surface area contributed by atoms with Crippen LogP contribution >= 0.6 is 11.6 Å². The van der Waals surface area contributed by atoms with E-state index < -0.39 is 48.4 Å². The van der Waals surface area contributed by atoms with Gasteiger partial charge in [-0.15, -0.1) is 5.10 Å². The molecule has 294 valence electrons. The summed E-state index contributed by atoms with van der Waals surface area (Å²) in [6.07, 6.45) is -3.22. The molecule has 1 aliphatic heterocycles. The minimum absolute atomic E-state index is 0.0119. The van der Waals surface area contributed by atoms with Crippen LogP contribution in [-0.4, -0.2) is 83.7 Å². The van der Waals surface area contributed by atoms with Crippen LogP contribution in [0.2, 0.25) is 5.02 Å². The summed E-state index contributed by atoms with van der Waals surface area (Å²) in [7, 11) is 0. The lowest BCUT2D eigenvalue weighted by molar-refractivity contribution is -0.164. The van der Waals surface area contributed by atoms with Crippen LogP contribution in [-0.2, 0) is 35.1 Å². The highest BCUT2D eigenvalue weighted by atomic mass is 35.5. The molecule has 1 saturated heterocycles. The van der Waals surface area contributed by atoms with Crippen molar-refractivity contribution in [2.45, 2.75) is 58.5 Å². The van der Waals surface area contributed by atoms with E-state index in [9.17, 15) is 41.4 Å². The highest BCUT2D eigenvalue weighted by Crippen LogP contribution is 2.38. The van der Waals surface area contributed by atoms with E-state index in [2.05, 4.69) is 25.4 Å². The molecule has 1 aliphatic carbocycles. The summed E-state index contributed by atoms with van der Waals surface area (Å²) in [5.41, 5.74) is 0.876. The Kier molecular flexibility index (Phi) is 10.4. The van der Waals surface area contributed by atoms with Gasteiger partial charge in [-0.3, -0.25) is 14.4 Å². The number of carbonyl (C=O) groups excluding carboxylic acids is 2. The van der Waals surface area contributed by atoms with E-state index in [0.717, 1.165) is 22.2 Å². The van der Waals surface area contributed by atoms with Crippen molar-refractivity contribution in [1.82, 2.24) is 34.0 Å². The van der Waals surface area contributed by atoms with Gasteiger partial charge in [-0.25, -0.2) is 9.97 Å². The average Bonchev–Trinajstić information content (AvgIpc) is 3.78. The molecule has 1 fully saturated rings. The van der Waals surface area contributed by atoms with Gasteiger partial charge in [0.2, 0.25) is 11.7 Å². The van der Waals surface area contributed by atoms with Gasteiger partial charge >= 0.3 is 12.8 Å². The largest absolute Gasteiger partial charge is 0.504 e. The smallest absolute Gasteiger partial charge is 0.416 e. The van der Waals surface area contributed by atoms with E-state index in [1.807, 2.05) is 0 Å². The minimum Gasteiger partial charge on any atom is -0.504 e. The first-order chi connectivity index (χ1) is 26.6. The summed E-state index contributed by atoms with van der Waals surface area (Å²) in [5.74, 6) is -1.44. The number of carbonyl (C=O) groups is 2. The zero-order valence-electron chi connectivity index (χ0n) is 29.8. The molecule has 0 unspecified atom stereocenters. The van der Waals surface area contributed by atoms with Crippen molar-refractivity contribution in [3.05, 3.63) is 91.9 Å². The summed E-state index contributed by atoms with van der Waals surface area (Å²) in [5, 5.41) is 17.1. The highest BCUT2D eigenvalue weighted by Gasteiger charge is 2.33. The number of anilines is 2. The van der Waals surface area contributed by atoms with Gasteiger partial charge in [-0.05, 0) is 61.6 Å². The Bertz CT molecular complexity index is 2410. The van der Waals surface area contributed by atoms with Gasteiger partial charge in [-0.2, -0.15) is 31.5 Å². The molecular weight excluding hydrogens is 769 g/mol. The molecule has 14 nitrogen and oxygen atoms in total. The van der Waals surface area contributed by atoms with Crippen LogP contribution in [0.3, 0.4) is 0 Å². The van der Waals surface area contributed by atoms with Crippen molar-refractivity contribution in [2.75, 3.05) is 36.4 Å². The number of nitrogens with one attached hydrogen (secondary N) is 1. The van der Waals surface area contributed by atoms with Crippen LogP contribution in [0.15, 0.2) is 47.5 Å². The average molecular weight is 802 g/mol. The Balaban J connectivity index is 1.25. The fraction of sp³-hybridized carbons (Fsp3) is 0.361. The van der Waals surface area contributed by atoms with E-state index in [1.165, 1.54) is 15.8 Å². The number of aromatic hydroxyl groups is 1. The van der Waals surface area contributed by atoms with Crippen LogP contribution in [0, 0.1) is 6.92 Å². The molecule has 0 spiro atoms. The second-order valence-corrected chi connectivity index (χ2v) is 13.6. The van der Waals surface area contributed by atoms with Crippen molar-refractivity contribution in [1.29, 1.82) is 0 Å². The van der Waals surface area contributed by atoms with Crippen LogP contribution in [0.4, 0.5) is 33.3 Å². The summed E-state index contributed by atoms with van der Waals surface area (Å²) in [4.78, 5) is 57.0. The predicted octanol–water partition coefficient (Wildman–Crippen LogP) is 5.42. The molecule has 2 aliphatic rings. The molecule has 56 heavy (non-hydrogen) atoms. The van der Waals surface area contributed by atoms with E-state index in [-0.39, 0.29) is 77.7 Å². The molecule has 1 atom stereocenters. The maximum absolute atomic E-state index is 14.4. The Labute approximate surface area is 319 Å². The fourth-order valence-corrected chi connectivity index (χ4v) is 7.29. The van der Waals surface area contributed by atoms with Gasteiger partial charge in [0, 0.05) is 31.7 Å². The third-order valence-corrected chi connectivity index (χ3v) is 10.1. The highest BCUT2D eigenvalue weighted by molar-refractivity contribution is 6.33. The van der Waals surface area contributed by atoms with Gasteiger partial charge in [0.25, 0.3) is 11.5 Å². The first kappa shape index (κ1) is 38.6. The quantitative estimate of drug-likeness (QED) is 0.184. The first-order valence-electron chi connectivity index (χ1n) is 17.4. The number of hydrogen-bond donors (Lipinski definition) is 2. The lowest BCUT2D eigenvalue weighted by Crippen LogP contribution is -2.51. The second kappa shape index (κ2) is 15.1. The van der Waals surface area contributed by atoms with Gasteiger partial charge in [0.15, 0.2) is 17.3 Å². The minimum atomic E-state index is -4.65. The summed E-state index contributed by atoms with van der Waals surface area (Å²) < 4.78 is 73.1. The normalized spacial score (nSPS) is 15.8. The number of fused-ring (bicyclic) bond motifs is 2. The van der Waals surface area contributed by atoms with Crippen LogP contribution in [0.1, 0.15) is 58.0 Å². The summed E-state index contributed by atoms with van der Waals surface area (Å²) >= 11 is 6.13. The van der Waals surface area contributed by atoms with Gasteiger partial charge in [0.1, 0.15) is 18.6 Å². The fourth-order valence-electron chi connectivity index (χ4n) is 7.07. The molecule has 0 saturated carbocycles. The number of amides is 2. The molecule has 0 radical (unpaired) electrons. The molecule has 3 aromatic heterocycles. The van der Waals surface area contributed by atoms with Crippen molar-refractivity contribution < 1.29 is 41.4 Å². The Morgan fingerprint density at radius 2 is 1.84 bits per heavy atom. The zero-order valence-corrected chi connectivity index (χ0v) is 30.5. The third kappa shape index (κ3) is 7.35. The van der Waals surface area contributed by atoms with Crippen molar-refractivity contribution >= 4 is 40.6 Å². The monoisotopic (exact) mass is 801 g/mol. The second-order valence-electron chi connectivity index (χ2n) is 13.2. The maximum atomic E-state index is 14.4. The number of aromatic nitrogens is 6. The van der Waals surface area contributed by atoms with Crippen molar-refractivity contribution in [3.63, 3.8) is 0 Å². The number of alkyl halides is 5. The van der Waals surface area contributed by atoms with E-state index in [1.54, 1.807) is 36.9 Å². The number of ether oxygens (including phenoxy) is 1. The molecule has 5 aromatic rings. The Hall–Kier alpha value is -5.69. The molecular formula is C36H33ClF5N9O5. The molecule has 2 amide bonds. The molecule has 2 N–H and O–H groups in total. The number of benzene rings is 2. The topological polar surface area (TPSA) is 160 Å². The number of nitrogens with zero attached hydrogens (tertiary/aromatic N) is 8. The maximum Gasteiger partial charge on any atom is 0.416 e. The molecule has 4 heterocycles. The lowest BCUT2D eigenvalue weighted by atomic mass is 10.1. The standard InChI is InChI=1S/C36H33ClF5N9O5/c1-3-25-29(48-10-12-49(13-11-48)32(54)28-30(53)18(2)43-17-44-28)33(55)51-35(50(25)16-27(52)45-24-8-6-21(15-23(24)37)36(40,41)42)46-31(47-51)20-4-7-22-19(14-20)5-9-26(22)56-34(38)39/h4,6-8,14-15,17,26,34,53H,3,5,9-13,16H2,1-2H3,(H,45,52)/t26-/m1/s1. The number of halogens is 6. The van der Waals surface area contributed by atoms with Gasteiger partial charge in [-0.1, -0.05) is 30.7 Å². The zero-order chi connectivity index (χ0) is 40.1. The predicted molar refractivity (Wildman–Crippen MR) is 192 cm³/mol. The van der Waals surface area contributed by atoms with E-state index in [4.69, 9.17) is 16.3 Å². The van der Waals surface area contributed by atoms with Crippen LogP contribution < -0.4 is 15.8 Å². The lowest BCUT2D eigenvalue weighted by Gasteiger charge is -2.36. The Morgan fingerprint density at radius 3 is 2.52 bits per heavy atom. The number of rotatable bonds is 9.